The monoisotopic (exact) mass is 510 g/mol. The summed E-state index contributed by atoms with van der Waals surface area (Å²) in [4.78, 5) is 45.3. The molecule has 36 heavy (non-hydrogen) atoms. The lowest BCUT2D eigenvalue weighted by Crippen LogP contribution is -2.49. The zero-order valence-electron chi connectivity index (χ0n) is 20.4. The molecule has 0 spiro atoms. The molecular formula is C26H31ClN6O3. The number of benzene rings is 1. The van der Waals surface area contributed by atoms with Crippen LogP contribution in [0.4, 0.5) is 5.82 Å². The van der Waals surface area contributed by atoms with Gasteiger partial charge in [-0.1, -0.05) is 43.5 Å². The van der Waals surface area contributed by atoms with E-state index < -0.39 is 12.1 Å². The molecule has 3 aromatic rings. The van der Waals surface area contributed by atoms with Crippen molar-refractivity contribution in [3.63, 3.8) is 0 Å². The van der Waals surface area contributed by atoms with Crippen molar-refractivity contribution in [3.05, 3.63) is 51.9 Å². The average molecular weight is 511 g/mol. The Morgan fingerprint density at radius 3 is 2.72 bits per heavy atom. The topological polar surface area (TPSA) is 101 Å². The predicted molar refractivity (Wildman–Crippen MR) is 139 cm³/mol. The summed E-state index contributed by atoms with van der Waals surface area (Å²) in [6.45, 7) is 4.06. The fourth-order valence-electron chi connectivity index (χ4n) is 5.13. The minimum Gasteiger partial charge on any atom is -0.354 e. The highest BCUT2D eigenvalue weighted by Gasteiger charge is 2.36. The Morgan fingerprint density at radius 1 is 1.19 bits per heavy atom. The Labute approximate surface area is 214 Å². The molecule has 2 N–H and O–H groups in total. The van der Waals surface area contributed by atoms with Gasteiger partial charge in [-0.2, -0.15) is 0 Å². The van der Waals surface area contributed by atoms with Crippen LogP contribution in [0.5, 0.6) is 0 Å². The maximum Gasteiger partial charge on any atom is 0.261 e. The number of nitrogens with one attached hydrogen (secondary N) is 2. The van der Waals surface area contributed by atoms with Gasteiger partial charge in [0, 0.05) is 42.5 Å². The lowest BCUT2D eigenvalue weighted by atomic mass is 10.1. The first-order chi connectivity index (χ1) is 17.5. The molecule has 10 heteroatoms. The number of amides is 2. The van der Waals surface area contributed by atoms with Crippen LogP contribution in [-0.2, 0) is 16.1 Å². The van der Waals surface area contributed by atoms with Gasteiger partial charge in [-0.15, -0.1) is 0 Å². The largest absolute Gasteiger partial charge is 0.354 e. The van der Waals surface area contributed by atoms with Gasteiger partial charge in [-0.05, 0) is 37.8 Å². The highest BCUT2D eigenvalue weighted by Crippen LogP contribution is 2.28. The molecule has 0 unspecified atom stereocenters. The van der Waals surface area contributed by atoms with Crippen LogP contribution in [-0.4, -0.2) is 50.9 Å². The number of nitrogens with zero attached hydrogens (tertiary/aromatic N) is 4. The van der Waals surface area contributed by atoms with Crippen molar-refractivity contribution >= 4 is 35.0 Å². The van der Waals surface area contributed by atoms with Gasteiger partial charge < -0.3 is 15.5 Å². The SMILES string of the molecule is CCCCCn1c(N2CCC[C@H]2C(=O)N[C@H]2CCNC2=O)cc(=O)n2cc(-c3ccc(Cl)cc3)nc12. The molecule has 0 saturated carbocycles. The normalized spacial score (nSPS) is 19.7. The van der Waals surface area contributed by atoms with Crippen molar-refractivity contribution in [1.82, 2.24) is 24.6 Å². The quantitative estimate of drug-likeness (QED) is 0.454. The second-order valence-electron chi connectivity index (χ2n) is 9.49. The number of aryl methyl sites for hydroxylation is 1. The summed E-state index contributed by atoms with van der Waals surface area (Å²) >= 11 is 6.05. The average Bonchev–Trinajstić information content (AvgIpc) is 3.61. The first kappa shape index (κ1) is 24.4. The van der Waals surface area contributed by atoms with Gasteiger partial charge in [-0.3, -0.25) is 23.4 Å². The fraction of sp³-hybridized carbons (Fsp3) is 0.462. The number of unbranched alkanes of at least 4 members (excludes halogenated alkanes) is 2. The maximum absolute atomic E-state index is 13.2. The van der Waals surface area contributed by atoms with Crippen LogP contribution in [0.15, 0.2) is 41.3 Å². The third-order valence-electron chi connectivity index (χ3n) is 7.04. The highest BCUT2D eigenvalue weighted by molar-refractivity contribution is 6.30. The molecule has 2 aliphatic rings. The molecular weight excluding hydrogens is 480 g/mol. The van der Waals surface area contributed by atoms with E-state index in [1.807, 2.05) is 17.0 Å². The van der Waals surface area contributed by atoms with Gasteiger partial charge in [0.25, 0.3) is 5.56 Å². The van der Waals surface area contributed by atoms with Crippen molar-refractivity contribution in [1.29, 1.82) is 0 Å². The van der Waals surface area contributed by atoms with Crippen LogP contribution < -0.4 is 21.1 Å². The Morgan fingerprint density at radius 2 is 2.00 bits per heavy atom. The third-order valence-corrected chi connectivity index (χ3v) is 7.29. The fourth-order valence-corrected chi connectivity index (χ4v) is 5.25. The molecule has 190 valence electrons. The molecule has 1 aromatic carbocycles. The van der Waals surface area contributed by atoms with E-state index >= 15 is 0 Å². The lowest BCUT2D eigenvalue weighted by molar-refractivity contribution is -0.128. The molecule has 2 aromatic heterocycles. The van der Waals surface area contributed by atoms with Crippen molar-refractivity contribution in [3.8, 4) is 11.3 Å². The molecule has 0 bridgehead atoms. The lowest BCUT2D eigenvalue weighted by Gasteiger charge is -2.29. The van der Waals surface area contributed by atoms with E-state index in [0.717, 1.165) is 31.2 Å². The van der Waals surface area contributed by atoms with E-state index in [9.17, 15) is 14.4 Å². The van der Waals surface area contributed by atoms with Crippen LogP contribution in [0.25, 0.3) is 17.0 Å². The Hall–Kier alpha value is -3.33. The van der Waals surface area contributed by atoms with Gasteiger partial charge >= 0.3 is 0 Å². The Kier molecular flexibility index (Phi) is 7.00. The van der Waals surface area contributed by atoms with Crippen LogP contribution in [0.3, 0.4) is 0 Å². The van der Waals surface area contributed by atoms with E-state index in [1.165, 1.54) is 0 Å². The van der Waals surface area contributed by atoms with Crippen LogP contribution >= 0.6 is 11.6 Å². The van der Waals surface area contributed by atoms with Gasteiger partial charge in [0.1, 0.15) is 17.9 Å². The molecule has 0 aliphatic carbocycles. The number of hydrogen-bond donors (Lipinski definition) is 2. The van der Waals surface area contributed by atoms with Crippen LogP contribution in [0, 0.1) is 0 Å². The number of imidazole rings is 1. The molecule has 2 fully saturated rings. The molecule has 2 atom stereocenters. The summed E-state index contributed by atoms with van der Waals surface area (Å²) in [6.07, 6.45) is 6.88. The number of fused-ring (bicyclic) bond motifs is 1. The van der Waals surface area contributed by atoms with Gasteiger partial charge in [0.15, 0.2) is 0 Å². The summed E-state index contributed by atoms with van der Waals surface area (Å²) in [5.74, 6) is 0.940. The molecule has 2 amide bonds. The Bertz CT molecular complexity index is 1330. The van der Waals surface area contributed by atoms with Gasteiger partial charge in [0.2, 0.25) is 17.6 Å². The predicted octanol–water partition coefficient (Wildman–Crippen LogP) is 2.98. The standard InChI is InChI=1S/C26H31ClN6O3/c1-2-3-4-13-32-22(31-14-5-6-21(31)25(36)29-19-11-12-28-24(19)35)15-23(34)33-16-20(30-26(32)33)17-7-9-18(27)10-8-17/h7-10,15-16,19,21H,2-6,11-14H2,1H3,(H,28,35)(H,29,36)/t19-,21-/m0/s1. The molecule has 4 heterocycles. The summed E-state index contributed by atoms with van der Waals surface area (Å²) in [5, 5.41) is 6.31. The van der Waals surface area contributed by atoms with Crippen molar-refractivity contribution in [2.45, 2.75) is 64.1 Å². The van der Waals surface area contributed by atoms with Crippen LogP contribution in [0.2, 0.25) is 5.02 Å². The number of halogens is 1. The van der Waals surface area contributed by atoms with Crippen molar-refractivity contribution in [2.75, 3.05) is 18.0 Å². The molecule has 2 aliphatic heterocycles. The summed E-state index contributed by atoms with van der Waals surface area (Å²) in [7, 11) is 0. The van der Waals surface area contributed by atoms with E-state index in [4.69, 9.17) is 16.6 Å². The Balaban J connectivity index is 1.53. The summed E-state index contributed by atoms with van der Waals surface area (Å²) in [6, 6.07) is 8.05. The van der Waals surface area contributed by atoms with E-state index in [0.29, 0.717) is 54.8 Å². The second-order valence-corrected chi connectivity index (χ2v) is 9.93. The first-order valence-corrected chi connectivity index (χ1v) is 13.1. The van der Waals surface area contributed by atoms with E-state index in [-0.39, 0.29) is 17.4 Å². The number of rotatable bonds is 8. The van der Waals surface area contributed by atoms with Crippen molar-refractivity contribution < 1.29 is 9.59 Å². The molecule has 5 rings (SSSR count). The summed E-state index contributed by atoms with van der Waals surface area (Å²) < 4.78 is 3.64. The molecule has 2 saturated heterocycles. The van der Waals surface area contributed by atoms with Gasteiger partial charge in [0.05, 0.1) is 5.69 Å². The maximum atomic E-state index is 13.2. The number of carbonyl (C=O) groups excluding carboxylic acids is 2. The minimum atomic E-state index is -0.497. The number of anilines is 1. The second kappa shape index (κ2) is 10.3. The van der Waals surface area contributed by atoms with Crippen LogP contribution in [0.1, 0.15) is 45.4 Å². The summed E-state index contributed by atoms with van der Waals surface area (Å²) in [5.41, 5.74) is 1.37. The first-order valence-electron chi connectivity index (χ1n) is 12.7. The van der Waals surface area contributed by atoms with E-state index in [2.05, 4.69) is 22.1 Å². The smallest absolute Gasteiger partial charge is 0.261 e. The third kappa shape index (κ3) is 4.72. The van der Waals surface area contributed by atoms with E-state index in [1.54, 1.807) is 28.8 Å². The minimum absolute atomic E-state index is 0.141. The zero-order chi connectivity index (χ0) is 25.2. The van der Waals surface area contributed by atoms with Gasteiger partial charge in [-0.25, -0.2) is 4.98 Å². The number of carbonyl (C=O) groups is 2. The van der Waals surface area contributed by atoms with Crippen molar-refractivity contribution in [2.24, 2.45) is 0 Å². The highest BCUT2D eigenvalue weighted by atomic mass is 35.5. The zero-order valence-corrected chi connectivity index (χ0v) is 21.1. The molecule has 0 radical (unpaired) electrons. The number of hydrogen-bond acceptors (Lipinski definition) is 5. The number of aromatic nitrogens is 3. The molecule has 9 nitrogen and oxygen atoms in total.